The van der Waals surface area contributed by atoms with E-state index in [9.17, 15) is 4.79 Å². The van der Waals surface area contributed by atoms with Gasteiger partial charge in [-0.3, -0.25) is 4.79 Å². The highest BCUT2D eigenvalue weighted by Gasteiger charge is 2.29. The van der Waals surface area contributed by atoms with Crippen LogP contribution < -0.4 is 5.73 Å². The summed E-state index contributed by atoms with van der Waals surface area (Å²) >= 11 is 3.87. The van der Waals surface area contributed by atoms with Crippen molar-refractivity contribution in [3.63, 3.8) is 0 Å². The Labute approximate surface area is 120 Å². The minimum absolute atomic E-state index is 0.162. The highest BCUT2D eigenvalue weighted by atomic mass is 127. The van der Waals surface area contributed by atoms with Crippen LogP contribution in [0, 0.1) is 8.80 Å². The molecular weight excluding hydrogens is 347 g/mol. The Morgan fingerprint density at radius 1 is 1.65 bits per heavy atom. The van der Waals surface area contributed by atoms with Gasteiger partial charge in [-0.15, -0.1) is 11.3 Å². The Hall–Kier alpha value is -0.140. The van der Waals surface area contributed by atoms with Crippen LogP contribution in [0.15, 0.2) is 11.4 Å². The molecule has 2 heterocycles. The normalized spacial score (nSPS) is 25.0. The molecule has 1 aliphatic heterocycles. The van der Waals surface area contributed by atoms with Gasteiger partial charge in [0.1, 0.15) is 0 Å². The molecule has 0 radical (unpaired) electrons. The number of rotatable bonds is 2. The Balaban J connectivity index is 2.12. The summed E-state index contributed by atoms with van der Waals surface area (Å²) in [5.74, 6) is 0.627. The number of piperidine rings is 1. The number of hydrogen-bond acceptors (Lipinski definition) is 3. The Bertz CT molecular complexity index is 407. The highest BCUT2D eigenvalue weighted by molar-refractivity contribution is 14.1. The average molecular weight is 364 g/mol. The quantitative estimate of drug-likeness (QED) is 0.820. The molecule has 1 fully saturated rings. The van der Waals surface area contributed by atoms with Crippen molar-refractivity contribution in [1.82, 2.24) is 4.90 Å². The second-order valence-corrected chi connectivity index (χ2v) is 7.43. The number of nitrogens with two attached hydrogens (primary N) is 1. The van der Waals surface area contributed by atoms with E-state index in [4.69, 9.17) is 5.73 Å². The van der Waals surface area contributed by atoms with E-state index in [2.05, 4.69) is 29.5 Å². The third-order valence-corrected chi connectivity index (χ3v) is 5.18. The predicted molar refractivity (Wildman–Crippen MR) is 79.3 cm³/mol. The van der Waals surface area contributed by atoms with E-state index >= 15 is 0 Å². The van der Waals surface area contributed by atoms with Crippen LogP contribution in [0.4, 0.5) is 0 Å². The minimum atomic E-state index is 0.162. The lowest BCUT2D eigenvalue weighted by Crippen LogP contribution is -2.47. The van der Waals surface area contributed by atoms with Gasteiger partial charge in [0.15, 0.2) is 0 Å². The monoisotopic (exact) mass is 364 g/mol. The van der Waals surface area contributed by atoms with E-state index in [-0.39, 0.29) is 5.91 Å². The number of hydrogen-bond donors (Lipinski definition) is 1. The molecule has 5 heteroatoms. The van der Waals surface area contributed by atoms with Crippen LogP contribution in [-0.2, 0) is 0 Å². The van der Waals surface area contributed by atoms with Crippen molar-refractivity contribution >= 4 is 39.8 Å². The average Bonchev–Trinajstić information content (AvgIpc) is 2.76. The van der Waals surface area contributed by atoms with E-state index in [1.807, 2.05) is 16.3 Å². The predicted octanol–water partition coefficient (Wildman–Crippen LogP) is 2.55. The van der Waals surface area contributed by atoms with Crippen LogP contribution in [0.25, 0.3) is 0 Å². The summed E-state index contributed by atoms with van der Waals surface area (Å²) in [5, 5.41) is 1.95. The molecule has 0 spiro atoms. The summed E-state index contributed by atoms with van der Waals surface area (Å²) in [6.07, 6.45) is 2.21. The molecule has 0 aliphatic carbocycles. The molecule has 1 amide bonds. The number of amides is 1. The fraction of sp³-hybridized carbons (Fsp3) is 0.583. The molecule has 2 N–H and O–H groups in total. The second-order valence-electron chi connectivity index (χ2n) is 4.63. The summed E-state index contributed by atoms with van der Waals surface area (Å²) in [5.41, 5.74) is 6.54. The third-order valence-electron chi connectivity index (χ3n) is 3.39. The molecule has 94 valence electrons. The fourth-order valence-corrected chi connectivity index (χ4v) is 3.57. The fourth-order valence-electron chi connectivity index (χ4n) is 2.25. The van der Waals surface area contributed by atoms with E-state index in [1.54, 1.807) is 11.3 Å². The van der Waals surface area contributed by atoms with Gasteiger partial charge in [0.2, 0.25) is 0 Å². The Morgan fingerprint density at radius 3 is 3.00 bits per heavy atom. The van der Waals surface area contributed by atoms with E-state index in [0.29, 0.717) is 18.5 Å². The van der Waals surface area contributed by atoms with Gasteiger partial charge in [-0.25, -0.2) is 0 Å². The molecule has 1 saturated heterocycles. The van der Waals surface area contributed by atoms with Crippen LogP contribution in [0.5, 0.6) is 0 Å². The molecule has 1 aromatic rings. The maximum Gasteiger partial charge on any atom is 0.254 e. The van der Waals surface area contributed by atoms with Gasteiger partial charge in [-0.2, -0.15) is 0 Å². The summed E-state index contributed by atoms with van der Waals surface area (Å²) in [7, 11) is 0. The van der Waals surface area contributed by atoms with Crippen molar-refractivity contribution in [3.05, 3.63) is 19.9 Å². The molecule has 1 aliphatic rings. The molecule has 17 heavy (non-hydrogen) atoms. The summed E-state index contributed by atoms with van der Waals surface area (Å²) in [4.78, 5) is 14.4. The lowest BCUT2D eigenvalue weighted by atomic mass is 9.93. The van der Waals surface area contributed by atoms with Crippen molar-refractivity contribution < 1.29 is 4.79 Å². The number of halogens is 1. The van der Waals surface area contributed by atoms with Crippen molar-refractivity contribution in [2.75, 3.05) is 13.1 Å². The van der Waals surface area contributed by atoms with Gasteiger partial charge in [0.25, 0.3) is 5.91 Å². The topological polar surface area (TPSA) is 46.3 Å². The number of carbonyl (C=O) groups is 1. The summed E-state index contributed by atoms with van der Waals surface area (Å²) in [6, 6.07) is 2.30. The number of likely N-dealkylation sites (tertiary alicyclic amines) is 1. The van der Waals surface area contributed by atoms with Gasteiger partial charge in [0, 0.05) is 18.0 Å². The first-order chi connectivity index (χ1) is 8.11. The first-order valence-corrected chi connectivity index (χ1v) is 7.82. The first kappa shape index (κ1) is 13.3. The molecule has 2 unspecified atom stereocenters. The number of nitrogens with zero attached hydrogens (tertiary/aromatic N) is 1. The van der Waals surface area contributed by atoms with Gasteiger partial charge < -0.3 is 10.6 Å². The standard InChI is InChI=1S/C12H17IN2OS/c1-8-2-3-9(5-14)6-15(8)12(16)10-4-11(13)17-7-10/h4,7-9H,2-3,5-6,14H2,1H3. The van der Waals surface area contributed by atoms with Crippen molar-refractivity contribution in [2.45, 2.75) is 25.8 Å². The van der Waals surface area contributed by atoms with Crippen LogP contribution in [-0.4, -0.2) is 29.9 Å². The van der Waals surface area contributed by atoms with E-state index in [1.165, 1.54) is 0 Å². The largest absolute Gasteiger partial charge is 0.336 e. The maximum absolute atomic E-state index is 12.4. The SMILES string of the molecule is CC1CCC(CN)CN1C(=O)c1csc(I)c1. The van der Waals surface area contributed by atoms with Gasteiger partial charge in [0.05, 0.1) is 8.45 Å². The molecule has 2 rings (SSSR count). The van der Waals surface area contributed by atoms with Gasteiger partial charge in [-0.1, -0.05) is 0 Å². The maximum atomic E-state index is 12.4. The molecule has 0 aromatic carbocycles. The zero-order valence-electron chi connectivity index (χ0n) is 9.86. The molecule has 2 atom stereocenters. The molecule has 0 saturated carbocycles. The lowest BCUT2D eigenvalue weighted by Gasteiger charge is -2.37. The van der Waals surface area contributed by atoms with Gasteiger partial charge in [-0.05, 0) is 60.9 Å². The Morgan fingerprint density at radius 2 is 2.41 bits per heavy atom. The highest BCUT2D eigenvalue weighted by Crippen LogP contribution is 2.25. The van der Waals surface area contributed by atoms with Gasteiger partial charge >= 0.3 is 0 Å². The van der Waals surface area contributed by atoms with E-state index in [0.717, 1.165) is 27.8 Å². The van der Waals surface area contributed by atoms with Crippen molar-refractivity contribution in [2.24, 2.45) is 11.7 Å². The van der Waals surface area contributed by atoms with Crippen LogP contribution in [0.3, 0.4) is 0 Å². The smallest absolute Gasteiger partial charge is 0.254 e. The number of carbonyl (C=O) groups excluding carboxylic acids is 1. The second kappa shape index (κ2) is 5.67. The molecule has 3 nitrogen and oxygen atoms in total. The molecule has 1 aromatic heterocycles. The Kier molecular flexibility index (Phi) is 4.43. The third kappa shape index (κ3) is 3.00. The van der Waals surface area contributed by atoms with Crippen LogP contribution >= 0.6 is 33.9 Å². The summed E-state index contributed by atoms with van der Waals surface area (Å²) in [6.45, 7) is 3.61. The lowest BCUT2D eigenvalue weighted by molar-refractivity contribution is 0.0567. The van der Waals surface area contributed by atoms with Crippen molar-refractivity contribution in [1.29, 1.82) is 0 Å². The zero-order valence-corrected chi connectivity index (χ0v) is 12.8. The molecule has 0 bridgehead atoms. The van der Waals surface area contributed by atoms with Crippen LogP contribution in [0.1, 0.15) is 30.1 Å². The molecular formula is C12H17IN2OS. The minimum Gasteiger partial charge on any atom is -0.336 e. The first-order valence-electron chi connectivity index (χ1n) is 5.87. The van der Waals surface area contributed by atoms with Crippen molar-refractivity contribution in [3.8, 4) is 0 Å². The van der Waals surface area contributed by atoms with E-state index < -0.39 is 0 Å². The summed E-state index contributed by atoms with van der Waals surface area (Å²) < 4.78 is 1.16. The number of thiophene rings is 1. The zero-order chi connectivity index (χ0) is 12.4. The van der Waals surface area contributed by atoms with Crippen LogP contribution in [0.2, 0.25) is 0 Å².